The molecule has 0 aromatic heterocycles. The number of benzene rings is 9. The summed E-state index contributed by atoms with van der Waals surface area (Å²) in [6, 6.07) is 62.1. The summed E-state index contributed by atoms with van der Waals surface area (Å²) in [6.07, 6.45) is 0. The monoisotopic (exact) mass is 834 g/mol. The second kappa shape index (κ2) is 12.2. The van der Waals surface area contributed by atoms with Crippen LogP contribution in [-0.2, 0) is 0 Å². The summed E-state index contributed by atoms with van der Waals surface area (Å²) in [5, 5.41) is 10.3. The van der Waals surface area contributed by atoms with Crippen molar-refractivity contribution in [3.05, 3.63) is 177 Å². The third-order valence-electron chi connectivity index (χ3n) is 9.60. The molecule has 0 saturated heterocycles. The number of hydrogen-bond donors (Lipinski definition) is 0. The van der Waals surface area contributed by atoms with E-state index in [1.165, 1.54) is 94.7 Å². The van der Waals surface area contributed by atoms with Crippen molar-refractivity contribution in [3.63, 3.8) is 0 Å². The van der Waals surface area contributed by atoms with Crippen molar-refractivity contribution in [2.45, 2.75) is 0 Å². The molecule has 0 fully saturated rings. The van der Waals surface area contributed by atoms with Gasteiger partial charge < -0.3 is 0 Å². The van der Waals surface area contributed by atoms with Crippen LogP contribution in [0.15, 0.2) is 170 Å². The fraction of sp³-hybridized carbons (Fsp3) is 0. The highest BCUT2D eigenvalue weighted by atomic mass is 127. The van der Waals surface area contributed by atoms with Crippen LogP contribution in [0.25, 0.3) is 87.6 Å². The summed E-state index contributed by atoms with van der Waals surface area (Å²) in [5.41, 5.74) is 10.1. The van der Waals surface area contributed by atoms with E-state index in [0.29, 0.717) is 0 Å². The number of fused-ring (bicyclic) bond motifs is 6. The van der Waals surface area contributed by atoms with Crippen LogP contribution in [0.4, 0.5) is 0 Å². The van der Waals surface area contributed by atoms with Gasteiger partial charge in [-0.3, -0.25) is 0 Å². The van der Waals surface area contributed by atoms with Gasteiger partial charge in [0.05, 0.1) is 0 Å². The van der Waals surface area contributed by atoms with Crippen molar-refractivity contribution in [2.75, 3.05) is 0 Å². The lowest BCUT2D eigenvalue weighted by molar-refractivity contribution is 1.61. The number of hydrogen-bond acceptors (Lipinski definition) is 0. The lowest BCUT2D eigenvalue weighted by Gasteiger charge is -2.19. The Labute approximate surface area is 307 Å². The quantitative estimate of drug-likeness (QED) is 0.122. The predicted molar refractivity (Wildman–Crippen MR) is 224 cm³/mol. The van der Waals surface area contributed by atoms with Gasteiger partial charge in [0.15, 0.2) is 0 Å². The van der Waals surface area contributed by atoms with Crippen LogP contribution >= 0.6 is 45.2 Å². The van der Waals surface area contributed by atoms with Crippen molar-refractivity contribution >= 4 is 88.3 Å². The molecule has 0 radical (unpaired) electrons. The molecule has 0 N–H and O–H groups in total. The summed E-state index contributed by atoms with van der Waals surface area (Å²) >= 11 is 5.14. The van der Waals surface area contributed by atoms with E-state index < -0.39 is 0 Å². The van der Waals surface area contributed by atoms with Gasteiger partial charge in [-0.05, 0) is 122 Å². The smallest absolute Gasteiger partial charge is 0.0293 e. The van der Waals surface area contributed by atoms with Gasteiger partial charge in [-0.1, -0.05) is 170 Å². The zero-order chi connectivity index (χ0) is 32.2. The molecule has 0 bridgehead atoms. The SMILES string of the molecule is Ic1c(-c2ccc(-c3c(I)c4ccccc4c4c(-c5ccccc5)cccc34)cc2)c2cccc(-c3ccccc3)c2c2ccccc12. The van der Waals surface area contributed by atoms with Gasteiger partial charge in [0.25, 0.3) is 0 Å². The molecule has 0 atom stereocenters. The van der Waals surface area contributed by atoms with Gasteiger partial charge in [-0.15, -0.1) is 0 Å². The molecule has 2 heteroatoms. The van der Waals surface area contributed by atoms with E-state index in [2.05, 4.69) is 215 Å². The summed E-state index contributed by atoms with van der Waals surface area (Å²) in [5.74, 6) is 0. The fourth-order valence-electron chi connectivity index (χ4n) is 7.48. The Balaban J connectivity index is 1.28. The van der Waals surface area contributed by atoms with Crippen molar-refractivity contribution in [1.82, 2.24) is 0 Å². The molecule has 9 aromatic rings. The lowest BCUT2D eigenvalue weighted by atomic mass is 9.87. The molecule has 9 rings (SSSR count). The zero-order valence-electron chi connectivity index (χ0n) is 25.9. The minimum atomic E-state index is 1.23. The molecule has 0 spiro atoms. The first kappa shape index (κ1) is 29.6. The fourth-order valence-corrected chi connectivity index (χ4v) is 9.62. The Hall–Kier alpha value is -4.52. The molecule has 0 amide bonds. The van der Waals surface area contributed by atoms with Gasteiger partial charge >= 0.3 is 0 Å². The normalized spacial score (nSPS) is 11.5. The summed E-state index contributed by atoms with van der Waals surface area (Å²) in [4.78, 5) is 0. The largest absolute Gasteiger partial charge is 0.0622 e. The number of rotatable bonds is 4. The summed E-state index contributed by atoms with van der Waals surface area (Å²) in [6.45, 7) is 0. The number of halogens is 2. The second-order valence-electron chi connectivity index (χ2n) is 12.2. The molecule has 0 aliphatic carbocycles. The van der Waals surface area contributed by atoms with Gasteiger partial charge in [0, 0.05) is 18.3 Å². The van der Waals surface area contributed by atoms with Crippen molar-refractivity contribution in [3.8, 4) is 44.5 Å². The molecule has 226 valence electrons. The van der Waals surface area contributed by atoms with Gasteiger partial charge in [-0.25, -0.2) is 0 Å². The van der Waals surface area contributed by atoms with Gasteiger partial charge in [0.1, 0.15) is 0 Å². The Bertz CT molecular complexity index is 2470. The first-order chi connectivity index (χ1) is 23.7. The highest BCUT2D eigenvalue weighted by Gasteiger charge is 2.20. The summed E-state index contributed by atoms with van der Waals surface area (Å²) < 4.78 is 2.57. The third kappa shape index (κ3) is 4.76. The van der Waals surface area contributed by atoms with E-state index in [1.54, 1.807) is 0 Å². The van der Waals surface area contributed by atoms with Crippen LogP contribution in [0.2, 0.25) is 0 Å². The first-order valence-corrected chi connectivity index (χ1v) is 18.3. The average Bonchev–Trinajstić information content (AvgIpc) is 3.16. The molecule has 48 heavy (non-hydrogen) atoms. The van der Waals surface area contributed by atoms with Crippen LogP contribution < -0.4 is 0 Å². The molecule has 0 unspecified atom stereocenters. The second-order valence-corrected chi connectivity index (χ2v) is 14.4. The van der Waals surface area contributed by atoms with E-state index >= 15 is 0 Å². The highest BCUT2D eigenvalue weighted by molar-refractivity contribution is 14.1. The lowest BCUT2D eigenvalue weighted by Crippen LogP contribution is -1.94. The molecule has 0 heterocycles. The van der Waals surface area contributed by atoms with Crippen LogP contribution in [0, 0.1) is 7.14 Å². The maximum Gasteiger partial charge on any atom is 0.0293 e. The average molecular weight is 835 g/mol. The predicted octanol–water partition coefficient (Wildman–Crippen LogP) is 14.2. The van der Waals surface area contributed by atoms with Gasteiger partial charge in [0.2, 0.25) is 0 Å². The minimum Gasteiger partial charge on any atom is -0.0622 e. The molecular formula is C46H28I2. The molecule has 0 nitrogen and oxygen atoms in total. The van der Waals surface area contributed by atoms with E-state index in [0.717, 1.165) is 0 Å². The Morgan fingerprint density at radius 1 is 0.250 bits per heavy atom. The molecule has 0 aliphatic rings. The zero-order valence-corrected chi connectivity index (χ0v) is 30.2. The molecule has 0 saturated carbocycles. The third-order valence-corrected chi connectivity index (χ3v) is 11.8. The molecule has 9 aromatic carbocycles. The van der Waals surface area contributed by atoms with E-state index in [9.17, 15) is 0 Å². The van der Waals surface area contributed by atoms with Crippen LogP contribution in [0.5, 0.6) is 0 Å². The molecule has 0 aliphatic heterocycles. The Morgan fingerprint density at radius 3 is 0.979 bits per heavy atom. The maximum atomic E-state index is 2.57. The van der Waals surface area contributed by atoms with Crippen LogP contribution in [0.3, 0.4) is 0 Å². The van der Waals surface area contributed by atoms with E-state index in [4.69, 9.17) is 0 Å². The highest BCUT2D eigenvalue weighted by Crippen LogP contribution is 2.46. The topological polar surface area (TPSA) is 0 Å². The first-order valence-electron chi connectivity index (χ1n) is 16.2. The van der Waals surface area contributed by atoms with E-state index in [-0.39, 0.29) is 0 Å². The summed E-state index contributed by atoms with van der Waals surface area (Å²) in [7, 11) is 0. The molecular weight excluding hydrogens is 806 g/mol. The van der Waals surface area contributed by atoms with Crippen molar-refractivity contribution in [1.29, 1.82) is 0 Å². The van der Waals surface area contributed by atoms with E-state index in [1.807, 2.05) is 0 Å². The van der Waals surface area contributed by atoms with Crippen LogP contribution in [-0.4, -0.2) is 0 Å². The maximum absolute atomic E-state index is 2.57. The Kier molecular flexibility index (Phi) is 7.51. The van der Waals surface area contributed by atoms with Crippen molar-refractivity contribution < 1.29 is 0 Å². The Morgan fingerprint density at radius 2 is 0.583 bits per heavy atom. The minimum absolute atomic E-state index is 1.23. The van der Waals surface area contributed by atoms with Gasteiger partial charge in [-0.2, -0.15) is 0 Å². The van der Waals surface area contributed by atoms with Crippen LogP contribution in [0.1, 0.15) is 0 Å². The van der Waals surface area contributed by atoms with Crippen molar-refractivity contribution in [2.24, 2.45) is 0 Å². The standard InChI is InChI=1S/C46H28I2/c47-45-37-19-9-7-17-35(37)43-33(29-13-3-1-4-14-29)21-11-23-39(43)41(45)31-25-27-32(28-26-31)42-40-24-12-22-34(30-15-5-2-6-16-30)44(40)36-18-8-10-20-38(36)46(42)48/h1-28H.